The fourth-order valence-electron chi connectivity index (χ4n) is 3.84. The van der Waals surface area contributed by atoms with Crippen LogP contribution in [0, 0.1) is 0 Å². The van der Waals surface area contributed by atoms with Gasteiger partial charge in [-0.1, -0.05) is 13.3 Å². The summed E-state index contributed by atoms with van der Waals surface area (Å²) in [6, 6.07) is -0.896. The number of likely N-dealkylation sites (N-methyl/N-ethyl adjacent to an activating group) is 1. The molecule has 3 heterocycles. The number of nitrogens with zero attached hydrogens (tertiary/aromatic N) is 5. The third kappa shape index (κ3) is 4.06. The van der Waals surface area contributed by atoms with Crippen LogP contribution in [-0.2, 0) is 14.3 Å². The molecule has 10 nitrogen and oxygen atoms in total. The molecule has 0 radical (unpaired) electrons. The van der Waals surface area contributed by atoms with E-state index in [4.69, 9.17) is 9.73 Å². The number of imide groups is 1. The van der Waals surface area contributed by atoms with Gasteiger partial charge in [-0.05, 0) is 13.3 Å². The van der Waals surface area contributed by atoms with Gasteiger partial charge in [0.25, 0.3) is 5.91 Å². The average Bonchev–Trinajstić information content (AvgIpc) is 3.05. The van der Waals surface area contributed by atoms with Crippen LogP contribution in [0.1, 0.15) is 26.7 Å². The normalized spacial score (nSPS) is 25.5. The van der Waals surface area contributed by atoms with Gasteiger partial charge >= 0.3 is 12.0 Å². The Kier molecular flexibility index (Phi) is 6.38. The molecule has 0 aromatic rings. The minimum Gasteiger partial charge on any atom is -0.465 e. The summed E-state index contributed by atoms with van der Waals surface area (Å²) in [6.07, 6.45) is 1.45. The van der Waals surface area contributed by atoms with Crippen molar-refractivity contribution >= 4 is 23.9 Å². The molecule has 2 saturated heterocycles. The zero-order valence-corrected chi connectivity index (χ0v) is 16.9. The second kappa shape index (κ2) is 8.76. The van der Waals surface area contributed by atoms with E-state index in [-0.39, 0.29) is 11.9 Å². The molecule has 28 heavy (non-hydrogen) atoms. The summed E-state index contributed by atoms with van der Waals surface area (Å²) in [5.74, 6) is 0.279. The predicted octanol–water partition coefficient (Wildman–Crippen LogP) is -0.485. The molecule has 0 aromatic carbocycles. The van der Waals surface area contributed by atoms with Crippen LogP contribution in [0.3, 0.4) is 0 Å². The zero-order chi connectivity index (χ0) is 20.3. The van der Waals surface area contributed by atoms with Gasteiger partial charge in [0, 0.05) is 39.8 Å². The van der Waals surface area contributed by atoms with Crippen molar-refractivity contribution in [3.05, 3.63) is 0 Å². The lowest BCUT2D eigenvalue weighted by atomic mass is 10.1. The van der Waals surface area contributed by atoms with Crippen molar-refractivity contribution in [2.24, 2.45) is 4.99 Å². The molecule has 2 atom stereocenters. The minimum atomic E-state index is -0.495. The lowest BCUT2D eigenvalue weighted by Gasteiger charge is -2.40. The Morgan fingerprint density at radius 2 is 1.93 bits per heavy atom. The van der Waals surface area contributed by atoms with E-state index in [9.17, 15) is 14.4 Å². The van der Waals surface area contributed by atoms with Crippen molar-refractivity contribution in [3.8, 4) is 0 Å². The first-order chi connectivity index (χ1) is 13.5. The number of hydrogen-bond acceptors (Lipinski definition) is 8. The van der Waals surface area contributed by atoms with Crippen molar-refractivity contribution in [1.29, 1.82) is 0 Å². The number of carbonyl (C=O) groups is 3. The van der Waals surface area contributed by atoms with Crippen molar-refractivity contribution in [2.45, 2.75) is 38.9 Å². The summed E-state index contributed by atoms with van der Waals surface area (Å²) in [6.45, 7) is 8.16. The third-order valence-corrected chi connectivity index (χ3v) is 5.40. The lowest BCUT2D eigenvalue weighted by Crippen LogP contribution is -2.64. The van der Waals surface area contributed by atoms with Crippen LogP contribution in [0.2, 0.25) is 0 Å². The number of hydrogen-bond donors (Lipinski definition) is 1. The Morgan fingerprint density at radius 1 is 1.21 bits per heavy atom. The van der Waals surface area contributed by atoms with Gasteiger partial charge in [-0.3, -0.25) is 19.8 Å². The number of aliphatic imine (C=N–C) groups is 1. The Balaban J connectivity index is 1.70. The Hall–Kier alpha value is -2.36. The number of rotatable bonds is 6. The smallest absolute Gasteiger partial charge is 0.325 e. The highest BCUT2D eigenvalue weighted by molar-refractivity contribution is 6.03. The van der Waals surface area contributed by atoms with Crippen LogP contribution in [0.15, 0.2) is 4.99 Å². The average molecular weight is 394 g/mol. The number of unbranched alkanes of at least 4 members (excludes halogenated alkanes) is 1. The molecule has 3 rings (SSSR count). The standard InChI is InChI=1S/C18H30N6O4/c1-4-6-7-24-14-15(21(3)18(27)20-16(14)26)19-17(24)23-10-8-22(9-11-23)12-13(25)28-5-2/h14-15H,4-12H2,1-3H3,(H,20,26,27). The molecule has 2 fully saturated rings. The van der Waals surface area contributed by atoms with E-state index in [0.29, 0.717) is 26.2 Å². The largest absolute Gasteiger partial charge is 0.465 e. The highest BCUT2D eigenvalue weighted by Gasteiger charge is 2.49. The molecule has 0 saturated carbocycles. The van der Waals surface area contributed by atoms with Gasteiger partial charge < -0.3 is 19.4 Å². The maximum absolute atomic E-state index is 12.5. The van der Waals surface area contributed by atoms with E-state index < -0.39 is 18.2 Å². The summed E-state index contributed by atoms with van der Waals surface area (Å²) in [4.78, 5) is 48.7. The summed E-state index contributed by atoms with van der Waals surface area (Å²) < 4.78 is 5.02. The number of amides is 3. The van der Waals surface area contributed by atoms with Crippen LogP contribution in [0.5, 0.6) is 0 Å². The van der Waals surface area contributed by atoms with Gasteiger partial charge in [-0.15, -0.1) is 0 Å². The van der Waals surface area contributed by atoms with Crippen LogP contribution in [0.4, 0.5) is 4.79 Å². The number of guanidine groups is 1. The second-order valence-electron chi connectivity index (χ2n) is 7.31. The van der Waals surface area contributed by atoms with E-state index in [1.165, 1.54) is 4.90 Å². The maximum atomic E-state index is 12.5. The predicted molar refractivity (Wildman–Crippen MR) is 103 cm³/mol. The summed E-state index contributed by atoms with van der Waals surface area (Å²) >= 11 is 0. The molecule has 1 N–H and O–H groups in total. The molecular weight excluding hydrogens is 364 g/mol. The van der Waals surface area contributed by atoms with Crippen LogP contribution in [0.25, 0.3) is 0 Å². The first-order valence-corrected chi connectivity index (χ1v) is 10.0. The fourth-order valence-corrected chi connectivity index (χ4v) is 3.84. The van der Waals surface area contributed by atoms with Gasteiger partial charge in [0.1, 0.15) is 0 Å². The number of esters is 1. The van der Waals surface area contributed by atoms with Crippen LogP contribution in [-0.4, -0.2) is 109 Å². The zero-order valence-electron chi connectivity index (χ0n) is 16.9. The number of nitrogens with one attached hydrogen (secondary N) is 1. The van der Waals surface area contributed by atoms with Crippen molar-refractivity contribution in [1.82, 2.24) is 24.9 Å². The maximum Gasteiger partial charge on any atom is 0.325 e. The topological polar surface area (TPSA) is 97.8 Å². The number of ether oxygens (including phenoxy) is 1. The van der Waals surface area contributed by atoms with Crippen molar-refractivity contribution < 1.29 is 19.1 Å². The third-order valence-electron chi connectivity index (χ3n) is 5.40. The molecule has 3 aliphatic rings. The fraction of sp³-hybridized carbons (Fsp3) is 0.778. The van der Waals surface area contributed by atoms with Gasteiger partial charge in [-0.25, -0.2) is 9.79 Å². The molecule has 3 aliphatic heterocycles. The summed E-state index contributed by atoms with van der Waals surface area (Å²) in [5, 5.41) is 2.43. The van der Waals surface area contributed by atoms with Gasteiger partial charge in [-0.2, -0.15) is 0 Å². The van der Waals surface area contributed by atoms with Crippen molar-refractivity contribution in [2.75, 3.05) is 52.9 Å². The molecule has 0 aliphatic carbocycles. The lowest BCUT2D eigenvalue weighted by molar-refractivity contribution is -0.144. The Morgan fingerprint density at radius 3 is 2.57 bits per heavy atom. The van der Waals surface area contributed by atoms with E-state index in [0.717, 1.165) is 38.4 Å². The van der Waals surface area contributed by atoms with E-state index >= 15 is 0 Å². The monoisotopic (exact) mass is 394 g/mol. The quantitative estimate of drug-likeness (QED) is 0.608. The molecule has 156 valence electrons. The summed E-state index contributed by atoms with van der Waals surface area (Å²) in [7, 11) is 1.67. The van der Waals surface area contributed by atoms with Crippen LogP contribution >= 0.6 is 0 Å². The Bertz CT molecular complexity index is 646. The minimum absolute atomic E-state index is 0.207. The molecule has 0 bridgehead atoms. The first kappa shape index (κ1) is 20.4. The van der Waals surface area contributed by atoms with Gasteiger partial charge in [0.2, 0.25) is 0 Å². The molecule has 0 spiro atoms. The van der Waals surface area contributed by atoms with Gasteiger partial charge in [0.15, 0.2) is 18.2 Å². The van der Waals surface area contributed by atoms with E-state index in [2.05, 4.69) is 22.0 Å². The van der Waals surface area contributed by atoms with Crippen molar-refractivity contribution in [3.63, 3.8) is 0 Å². The first-order valence-electron chi connectivity index (χ1n) is 10.0. The molecule has 0 aromatic heterocycles. The number of fused-ring (bicyclic) bond motifs is 1. The number of carbonyl (C=O) groups excluding carboxylic acids is 3. The Labute approximate surface area is 165 Å². The van der Waals surface area contributed by atoms with E-state index in [1.807, 2.05) is 4.90 Å². The van der Waals surface area contributed by atoms with Gasteiger partial charge in [0.05, 0.1) is 13.2 Å². The number of urea groups is 1. The highest BCUT2D eigenvalue weighted by atomic mass is 16.5. The molecule has 3 amide bonds. The second-order valence-corrected chi connectivity index (χ2v) is 7.31. The molecule has 2 unspecified atom stereocenters. The van der Waals surface area contributed by atoms with Crippen LogP contribution < -0.4 is 5.32 Å². The summed E-state index contributed by atoms with van der Waals surface area (Å²) in [5.41, 5.74) is 0. The molecule has 10 heteroatoms. The highest BCUT2D eigenvalue weighted by Crippen LogP contribution is 2.26. The SMILES string of the molecule is CCCCN1C(N2CCN(CC(=O)OCC)CC2)=NC2C1C(=O)NC(=O)N2C. The molecular formula is C18H30N6O4. The van der Waals surface area contributed by atoms with E-state index in [1.54, 1.807) is 14.0 Å². The number of piperazine rings is 1.